The summed E-state index contributed by atoms with van der Waals surface area (Å²) in [7, 11) is 0. The molecule has 92 valence electrons. The molecule has 3 heteroatoms. The Morgan fingerprint density at radius 2 is 2.12 bits per heavy atom. The number of piperidine rings is 1. The van der Waals surface area contributed by atoms with Crippen molar-refractivity contribution in [3.05, 3.63) is 34.9 Å². The molecule has 1 aliphatic heterocycles. The van der Waals surface area contributed by atoms with Gasteiger partial charge in [0.05, 0.1) is 0 Å². The molecule has 1 unspecified atom stereocenters. The van der Waals surface area contributed by atoms with E-state index in [1.165, 1.54) is 5.56 Å². The first-order valence-corrected chi connectivity index (χ1v) is 6.61. The number of ketones is 1. The van der Waals surface area contributed by atoms with Crippen LogP contribution in [0, 0.1) is 5.92 Å². The number of hydrogen-bond donors (Lipinski definition) is 1. The molecular weight excluding hydrogens is 234 g/mol. The standard InChI is InChI=1S/C14H18ClNO/c15-13-6-3-11(4-7-13)5-8-14(17)12-2-1-9-16-10-12/h3-4,6-7,12,16H,1-2,5,8-10H2. The van der Waals surface area contributed by atoms with Gasteiger partial charge < -0.3 is 5.32 Å². The summed E-state index contributed by atoms with van der Waals surface area (Å²) < 4.78 is 0. The number of carbonyl (C=O) groups is 1. The number of nitrogens with one attached hydrogen (secondary N) is 1. The van der Waals surface area contributed by atoms with E-state index in [0.717, 1.165) is 37.4 Å². The molecule has 0 aliphatic carbocycles. The van der Waals surface area contributed by atoms with Crippen LogP contribution in [0.5, 0.6) is 0 Å². The van der Waals surface area contributed by atoms with E-state index in [4.69, 9.17) is 11.6 Å². The zero-order chi connectivity index (χ0) is 12.1. The lowest BCUT2D eigenvalue weighted by Gasteiger charge is -2.21. The van der Waals surface area contributed by atoms with Crippen molar-refractivity contribution >= 4 is 17.4 Å². The fraction of sp³-hybridized carbons (Fsp3) is 0.500. The minimum Gasteiger partial charge on any atom is -0.316 e. The van der Waals surface area contributed by atoms with Crippen molar-refractivity contribution < 1.29 is 4.79 Å². The molecule has 1 heterocycles. The van der Waals surface area contributed by atoms with E-state index < -0.39 is 0 Å². The van der Waals surface area contributed by atoms with E-state index in [1.54, 1.807) is 0 Å². The number of benzene rings is 1. The molecule has 17 heavy (non-hydrogen) atoms. The summed E-state index contributed by atoms with van der Waals surface area (Å²) in [5.41, 5.74) is 1.19. The van der Waals surface area contributed by atoms with E-state index in [-0.39, 0.29) is 5.92 Å². The van der Waals surface area contributed by atoms with Gasteiger partial charge in [0.25, 0.3) is 0 Å². The van der Waals surface area contributed by atoms with Gasteiger partial charge in [-0.05, 0) is 43.5 Å². The Morgan fingerprint density at radius 3 is 2.76 bits per heavy atom. The molecule has 2 nitrogen and oxygen atoms in total. The topological polar surface area (TPSA) is 29.1 Å². The third kappa shape index (κ3) is 3.83. The van der Waals surface area contributed by atoms with Crippen LogP contribution in [0.25, 0.3) is 0 Å². The predicted octanol–water partition coefficient (Wildman–Crippen LogP) is 2.84. The monoisotopic (exact) mass is 251 g/mol. The van der Waals surface area contributed by atoms with Crippen molar-refractivity contribution in [1.82, 2.24) is 5.32 Å². The highest BCUT2D eigenvalue weighted by Gasteiger charge is 2.20. The number of rotatable bonds is 4. The average molecular weight is 252 g/mol. The first kappa shape index (κ1) is 12.6. The van der Waals surface area contributed by atoms with Crippen molar-refractivity contribution in [2.75, 3.05) is 13.1 Å². The predicted molar refractivity (Wildman–Crippen MR) is 70.4 cm³/mol. The number of halogens is 1. The maximum Gasteiger partial charge on any atom is 0.137 e. The molecule has 0 spiro atoms. The second kappa shape index (κ2) is 6.18. The smallest absolute Gasteiger partial charge is 0.137 e. The Balaban J connectivity index is 1.81. The third-order valence-electron chi connectivity index (χ3n) is 3.33. The van der Waals surface area contributed by atoms with Crippen molar-refractivity contribution in [3.8, 4) is 0 Å². The first-order chi connectivity index (χ1) is 8.25. The Labute approximate surface area is 107 Å². The van der Waals surface area contributed by atoms with Crippen LogP contribution in [0.3, 0.4) is 0 Å². The van der Waals surface area contributed by atoms with Gasteiger partial charge in [-0.25, -0.2) is 0 Å². The van der Waals surface area contributed by atoms with Gasteiger partial charge in [-0.3, -0.25) is 4.79 Å². The molecule has 0 bridgehead atoms. The zero-order valence-corrected chi connectivity index (χ0v) is 10.7. The van der Waals surface area contributed by atoms with Crippen molar-refractivity contribution in [2.45, 2.75) is 25.7 Å². The quantitative estimate of drug-likeness (QED) is 0.892. The summed E-state index contributed by atoms with van der Waals surface area (Å²) >= 11 is 5.82. The second-order valence-electron chi connectivity index (χ2n) is 4.64. The van der Waals surface area contributed by atoms with Crippen LogP contribution in [-0.4, -0.2) is 18.9 Å². The Bertz CT molecular complexity index is 368. The summed E-state index contributed by atoms with van der Waals surface area (Å²) in [5.74, 6) is 0.628. The maximum absolute atomic E-state index is 12.0. The van der Waals surface area contributed by atoms with Gasteiger partial charge in [0.2, 0.25) is 0 Å². The molecule has 1 saturated heterocycles. The van der Waals surface area contributed by atoms with Crippen LogP contribution < -0.4 is 5.32 Å². The molecular formula is C14H18ClNO. The van der Waals surface area contributed by atoms with E-state index in [1.807, 2.05) is 24.3 Å². The molecule has 0 amide bonds. The highest BCUT2D eigenvalue weighted by molar-refractivity contribution is 6.30. The summed E-state index contributed by atoms with van der Waals surface area (Å²) in [4.78, 5) is 12.0. The van der Waals surface area contributed by atoms with Crippen LogP contribution in [0.15, 0.2) is 24.3 Å². The number of hydrogen-bond acceptors (Lipinski definition) is 2. The van der Waals surface area contributed by atoms with E-state index in [9.17, 15) is 4.79 Å². The Kier molecular flexibility index (Phi) is 4.57. The highest BCUT2D eigenvalue weighted by Crippen LogP contribution is 2.16. The summed E-state index contributed by atoms with van der Waals surface area (Å²) in [5, 5.41) is 4.03. The van der Waals surface area contributed by atoms with E-state index in [2.05, 4.69) is 5.32 Å². The Morgan fingerprint density at radius 1 is 1.35 bits per heavy atom. The van der Waals surface area contributed by atoms with Gasteiger partial charge in [0.1, 0.15) is 5.78 Å². The minimum atomic E-state index is 0.232. The van der Waals surface area contributed by atoms with E-state index >= 15 is 0 Å². The molecule has 1 aromatic rings. The molecule has 1 atom stereocenters. The molecule has 1 aromatic carbocycles. The SMILES string of the molecule is O=C(CCc1ccc(Cl)cc1)C1CCCNC1. The van der Waals surface area contributed by atoms with Gasteiger partial charge in [-0.15, -0.1) is 0 Å². The second-order valence-corrected chi connectivity index (χ2v) is 5.07. The number of Topliss-reactive ketones (excluding diaryl/α,β-unsaturated/α-hetero) is 1. The molecule has 1 N–H and O–H groups in total. The van der Waals surface area contributed by atoms with Gasteiger partial charge in [0.15, 0.2) is 0 Å². The van der Waals surface area contributed by atoms with Crippen LogP contribution >= 0.6 is 11.6 Å². The van der Waals surface area contributed by atoms with Crippen LogP contribution in [0.1, 0.15) is 24.8 Å². The van der Waals surface area contributed by atoms with Crippen molar-refractivity contribution in [1.29, 1.82) is 0 Å². The molecule has 1 aliphatic rings. The lowest BCUT2D eigenvalue weighted by Crippen LogP contribution is -2.34. The summed E-state index contributed by atoms with van der Waals surface area (Å²) in [6, 6.07) is 7.75. The summed E-state index contributed by atoms with van der Waals surface area (Å²) in [6.07, 6.45) is 3.64. The number of carbonyl (C=O) groups excluding carboxylic acids is 1. The fourth-order valence-corrected chi connectivity index (χ4v) is 2.38. The zero-order valence-electron chi connectivity index (χ0n) is 9.92. The third-order valence-corrected chi connectivity index (χ3v) is 3.58. The van der Waals surface area contributed by atoms with Gasteiger partial charge in [-0.2, -0.15) is 0 Å². The normalized spacial score (nSPS) is 20.2. The summed E-state index contributed by atoms with van der Waals surface area (Å²) in [6.45, 7) is 1.92. The number of aryl methyl sites for hydroxylation is 1. The van der Waals surface area contributed by atoms with Crippen molar-refractivity contribution in [2.24, 2.45) is 5.92 Å². The van der Waals surface area contributed by atoms with Crippen LogP contribution in [0.2, 0.25) is 5.02 Å². The average Bonchev–Trinajstić information content (AvgIpc) is 2.39. The van der Waals surface area contributed by atoms with Gasteiger partial charge >= 0.3 is 0 Å². The Hall–Kier alpha value is -0.860. The lowest BCUT2D eigenvalue weighted by atomic mass is 9.92. The highest BCUT2D eigenvalue weighted by atomic mass is 35.5. The molecule has 0 saturated carbocycles. The van der Waals surface area contributed by atoms with Crippen LogP contribution in [0.4, 0.5) is 0 Å². The first-order valence-electron chi connectivity index (χ1n) is 6.23. The van der Waals surface area contributed by atoms with Crippen LogP contribution in [-0.2, 0) is 11.2 Å². The van der Waals surface area contributed by atoms with E-state index in [0.29, 0.717) is 12.2 Å². The molecule has 0 radical (unpaired) electrons. The maximum atomic E-state index is 12.0. The fourth-order valence-electron chi connectivity index (χ4n) is 2.25. The van der Waals surface area contributed by atoms with Gasteiger partial charge in [0, 0.05) is 23.9 Å². The lowest BCUT2D eigenvalue weighted by molar-refractivity contribution is -0.123. The molecule has 2 rings (SSSR count). The molecule has 0 aromatic heterocycles. The van der Waals surface area contributed by atoms with Crippen molar-refractivity contribution in [3.63, 3.8) is 0 Å². The largest absolute Gasteiger partial charge is 0.316 e. The van der Waals surface area contributed by atoms with Gasteiger partial charge in [-0.1, -0.05) is 23.7 Å². The minimum absolute atomic E-state index is 0.232. The molecule has 1 fully saturated rings.